The van der Waals surface area contributed by atoms with Gasteiger partial charge in [-0.2, -0.15) is 0 Å². The molecule has 3 aromatic rings. The number of nitrogens with one attached hydrogen (secondary N) is 2. The van der Waals surface area contributed by atoms with Crippen molar-refractivity contribution >= 4 is 40.7 Å². The van der Waals surface area contributed by atoms with Crippen molar-refractivity contribution in [3.63, 3.8) is 0 Å². The fraction of sp³-hybridized carbons (Fsp3) is 0.346. The van der Waals surface area contributed by atoms with Gasteiger partial charge in [0.2, 0.25) is 5.91 Å². The average Bonchev–Trinajstić information content (AvgIpc) is 3.57. The first kappa shape index (κ1) is 24.6. The van der Waals surface area contributed by atoms with E-state index in [2.05, 4.69) is 15.6 Å². The number of carbonyl (C=O) groups is 4. The van der Waals surface area contributed by atoms with E-state index in [1.54, 1.807) is 23.1 Å². The fourth-order valence-electron chi connectivity index (χ4n) is 5.36. The zero-order chi connectivity index (χ0) is 27.5. The summed E-state index contributed by atoms with van der Waals surface area (Å²) < 4.78 is 25.9. The van der Waals surface area contributed by atoms with Crippen LogP contribution in [-0.4, -0.2) is 78.4 Å². The molecule has 3 aliphatic heterocycles. The van der Waals surface area contributed by atoms with Gasteiger partial charge in [0.1, 0.15) is 17.1 Å². The SMILES string of the molecule is CCN1CCN(c2ccc3oc(C4(CN5Cc6ccc(OC)c(F)c6C5=O)NC(=O)NC4=O)cc3n2)CC1=O. The molecule has 2 fully saturated rings. The molecular formula is C26H25FN6O6. The largest absolute Gasteiger partial charge is 0.494 e. The van der Waals surface area contributed by atoms with Crippen LogP contribution in [0.2, 0.25) is 0 Å². The van der Waals surface area contributed by atoms with E-state index in [0.29, 0.717) is 42.1 Å². The zero-order valence-electron chi connectivity index (χ0n) is 21.2. The van der Waals surface area contributed by atoms with E-state index in [1.165, 1.54) is 24.1 Å². The van der Waals surface area contributed by atoms with Gasteiger partial charge in [0.05, 0.1) is 25.8 Å². The first-order valence-electron chi connectivity index (χ1n) is 12.5. The van der Waals surface area contributed by atoms with Crippen LogP contribution in [0.5, 0.6) is 5.75 Å². The number of urea groups is 1. The van der Waals surface area contributed by atoms with Crippen molar-refractivity contribution in [1.82, 2.24) is 25.4 Å². The number of aromatic nitrogens is 1. The number of methoxy groups -OCH3 is 1. The maximum Gasteiger partial charge on any atom is 0.322 e. The van der Waals surface area contributed by atoms with Crippen molar-refractivity contribution in [1.29, 1.82) is 0 Å². The first-order valence-corrected chi connectivity index (χ1v) is 12.5. The molecule has 202 valence electrons. The Hall–Kier alpha value is -4.68. The maximum absolute atomic E-state index is 14.9. The average molecular weight is 537 g/mol. The molecule has 5 amide bonds. The predicted molar refractivity (Wildman–Crippen MR) is 135 cm³/mol. The van der Waals surface area contributed by atoms with E-state index < -0.39 is 29.2 Å². The van der Waals surface area contributed by atoms with E-state index >= 15 is 0 Å². The summed E-state index contributed by atoms with van der Waals surface area (Å²) in [5, 5.41) is 4.82. The van der Waals surface area contributed by atoms with E-state index in [1.807, 2.05) is 11.8 Å². The number of likely N-dealkylation sites (N-methyl/N-ethyl adjacent to an activating group) is 1. The van der Waals surface area contributed by atoms with Crippen molar-refractivity contribution in [3.05, 3.63) is 53.0 Å². The summed E-state index contributed by atoms with van der Waals surface area (Å²) in [5.41, 5.74) is -0.700. The lowest BCUT2D eigenvalue weighted by Crippen LogP contribution is -2.52. The number of benzene rings is 1. The molecule has 1 unspecified atom stereocenters. The van der Waals surface area contributed by atoms with Gasteiger partial charge in [-0.1, -0.05) is 6.07 Å². The topological polar surface area (TPSA) is 137 Å². The number of furan rings is 1. The smallest absolute Gasteiger partial charge is 0.322 e. The van der Waals surface area contributed by atoms with Crippen LogP contribution in [0.15, 0.2) is 34.7 Å². The monoisotopic (exact) mass is 536 g/mol. The standard InChI is InChI=1S/C26H25FN6O6/c1-3-31-8-9-32(12-20(31)34)19-7-6-16-15(28-19)10-18(39-16)26(24(36)29-25(37)30-26)13-33-11-14-4-5-17(38-2)22(27)21(14)23(33)35/h4-7,10H,3,8-9,11-13H2,1-2H3,(H2,29,30,36,37). The van der Waals surface area contributed by atoms with Gasteiger partial charge < -0.3 is 29.2 Å². The van der Waals surface area contributed by atoms with Gasteiger partial charge in [-0.05, 0) is 30.7 Å². The number of anilines is 1. The molecule has 6 rings (SSSR count). The van der Waals surface area contributed by atoms with Crippen molar-refractivity contribution in [2.75, 3.05) is 44.7 Å². The van der Waals surface area contributed by atoms with Crippen LogP contribution >= 0.6 is 0 Å². The lowest BCUT2D eigenvalue weighted by atomic mass is 9.95. The third-order valence-corrected chi connectivity index (χ3v) is 7.45. The Morgan fingerprint density at radius 3 is 2.62 bits per heavy atom. The number of fused-ring (bicyclic) bond motifs is 2. The molecule has 5 heterocycles. The Morgan fingerprint density at radius 2 is 1.92 bits per heavy atom. The number of carbonyl (C=O) groups excluding carboxylic acids is 4. The number of rotatable bonds is 6. The predicted octanol–water partition coefficient (Wildman–Crippen LogP) is 1.33. The summed E-state index contributed by atoms with van der Waals surface area (Å²) in [6.07, 6.45) is 0. The van der Waals surface area contributed by atoms with Crippen molar-refractivity contribution in [2.45, 2.75) is 19.0 Å². The number of pyridine rings is 1. The molecule has 2 saturated heterocycles. The Kier molecular flexibility index (Phi) is 5.66. The highest BCUT2D eigenvalue weighted by atomic mass is 19.1. The summed E-state index contributed by atoms with van der Waals surface area (Å²) in [4.78, 5) is 60.6. The highest BCUT2D eigenvalue weighted by molar-refractivity contribution is 6.08. The van der Waals surface area contributed by atoms with Gasteiger partial charge in [0.15, 0.2) is 22.7 Å². The summed E-state index contributed by atoms with van der Waals surface area (Å²) in [6, 6.07) is 7.21. The Labute approximate surface area is 221 Å². The van der Waals surface area contributed by atoms with Crippen LogP contribution in [0.3, 0.4) is 0 Å². The van der Waals surface area contributed by atoms with Crippen LogP contribution in [0.1, 0.15) is 28.6 Å². The molecule has 0 aliphatic carbocycles. The minimum absolute atomic E-state index is 0.00755. The van der Waals surface area contributed by atoms with E-state index in [9.17, 15) is 23.6 Å². The molecule has 1 atom stereocenters. The van der Waals surface area contributed by atoms with E-state index in [-0.39, 0.29) is 42.6 Å². The lowest BCUT2D eigenvalue weighted by molar-refractivity contribution is -0.130. The van der Waals surface area contributed by atoms with Crippen molar-refractivity contribution < 1.29 is 32.7 Å². The van der Waals surface area contributed by atoms with Gasteiger partial charge >= 0.3 is 6.03 Å². The van der Waals surface area contributed by atoms with Crippen LogP contribution in [0.4, 0.5) is 15.0 Å². The molecule has 3 aliphatic rings. The Morgan fingerprint density at radius 1 is 1.10 bits per heavy atom. The van der Waals surface area contributed by atoms with Gasteiger partial charge in [0, 0.05) is 32.2 Å². The number of amides is 5. The number of ether oxygens (including phenoxy) is 1. The Balaban J connectivity index is 1.33. The fourth-order valence-corrected chi connectivity index (χ4v) is 5.36. The molecule has 0 radical (unpaired) electrons. The molecule has 0 bridgehead atoms. The Bertz CT molecular complexity index is 1560. The highest BCUT2D eigenvalue weighted by Crippen LogP contribution is 2.36. The number of imide groups is 1. The molecule has 2 N–H and O–H groups in total. The second kappa shape index (κ2) is 8.96. The molecular weight excluding hydrogens is 511 g/mol. The summed E-state index contributed by atoms with van der Waals surface area (Å²) >= 11 is 0. The van der Waals surface area contributed by atoms with Crippen LogP contribution in [-0.2, 0) is 21.7 Å². The van der Waals surface area contributed by atoms with Gasteiger partial charge in [-0.25, -0.2) is 14.2 Å². The molecule has 0 spiro atoms. The number of hydrogen-bond donors (Lipinski definition) is 2. The minimum atomic E-state index is -1.76. The third-order valence-electron chi connectivity index (χ3n) is 7.45. The number of piperazine rings is 1. The highest BCUT2D eigenvalue weighted by Gasteiger charge is 2.53. The minimum Gasteiger partial charge on any atom is -0.494 e. The molecule has 1 aromatic carbocycles. The number of hydrogen-bond acceptors (Lipinski definition) is 8. The van der Waals surface area contributed by atoms with Crippen molar-refractivity contribution in [2.24, 2.45) is 0 Å². The summed E-state index contributed by atoms with van der Waals surface area (Å²) in [6.45, 7) is 3.69. The number of halogens is 1. The van der Waals surface area contributed by atoms with Crippen LogP contribution < -0.4 is 20.3 Å². The lowest BCUT2D eigenvalue weighted by Gasteiger charge is -2.34. The second-order valence-corrected chi connectivity index (χ2v) is 9.65. The van der Waals surface area contributed by atoms with E-state index in [4.69, 9.17) is 9.15 Å². The maximum atomic E-state index is 14.9. The van der Waals surface area contributed by atoms with Crippen LogP contribution in [0, 0.1) is 5.82 Å². The normalized spacial score (nSPS) is 21.1. The molecule has 2 aromatic heterocycles. The third kappa shape index (κ3) is 3.83. The van der Waals surface area contributed by atoms with Gasteiger partial charge in [0.25, 0.3) is 11.8 Å². The quantitative estimate of drug-likeness (QED) is 0.451. The molecule has 39 heavy (non-hydrogen) atoms. The van der Waals surface area contributed by atoms with Crippen molar-refractivity contribution in [3.8, 4) is 5.75 Å². The van der Waals surface area contributed by atoms with Gasteiger partial charge in [-0.3, -0.25) is 19.7 Å². The summed E-state index contributed by atoms with van der Waals surface area (Å²) in [5.74, 6) is -1.55. The molecule has 12 nitrogen and oxygen atoms in total. The molecule has 0 saturated carbocycles. The second-order valence-electron chi connectivity index (χ2n) is 9.65. The first-order chi connectivity index (χ1) is 18.7. The zero-order valence-corrected chi connectivity index (χ0v) is 21.2. The van der Waals surface area contributed by atoms with Crippen LogP contribution in [0.25, 0.3) is 11.1 Å². The van der Waals surface area contributed by atoms with Gasteiger partial charge in [-0.15, -0.1) is 0 Å². The molecule has 13 heteroatoms. The number of nitrogens with zero attached hydrogens (tertiary/aromatic N) is 4. The van der Waals surface area contributed by atoms with E-state index in [0.717, 1.165) is 0 Å². The summed E-state index contributed by atoms with van der Waals surface area (Å²) in [7, 11) is 1.30.